The minimum atomic E-state index is -3.83. The molecule has 1 aromatic heterocycles. The van der Waals surface area contributed by atoms with Crippen molar-refractivity contribution < 1.29 is 13.2 Å². The molecule has 1 N–H and O–H groups in total. The van der Waals surface area contributed by atoms with Gasteiger partial charge in [-0.3, -0.25) is 18.5 Å². The minimum Gasteiger partial charge on any atom is -0.324 e. The van der Waals surface area contributed by atoms with Gasteiger partial charge in [-0.1, -0.05) is 36.4 Å². The van der Waals surface area contributed by atoms with Crippen LogP contribution < -0.4 is 15.2 Å². The maximum absolute atomic E-state index is 13.0. The van der Waals surface area contributed by atoms with Crippen molar-refractivity contribution in [1.82, 2.24) is 9.55 Å². The van der Waals surface area contributed by atoms with E-state index in [-0.39, 0.29) is 11.4 Å². The zero-order chi connectivity index (χ0) is 22.7. The normalized spacial score (nSPS) is 11.3. The summed E-state index contributed by atoms with van der Waals surface area (Å²) in [7, 11) is -2.36. The van der Waals surface area contributed by atoms with E-state index in [1.54, 1.807) is 66.7 Å². The van der Waals surface area contributed by atoms with Crippen molar-refractivity contribution in [3.05, 3.63) is 95.4 Å². The van der Waals surface area contributed by atoms with Gasteiger partial charge in [-0.2, -0.15) is 0 Å². The molecule has 162 valence electrons. The average molecular weight is 449 g/mol. The molecule has 32 heavy (non-hydrogen) atoms. The lowest BCUT2D eigenvalue weighted by atomic mass is 10.3. The molecule has 0 unspecified atom stereocenters. The second-order valence-corrected chi connectivity index (χ2v) is 9.02. The van der Waals surface area contributed by atoms with Gasteiger partial charge in [0.25, 0.3) is 15.6 Å². The van der Waals surface area contributed by atoms with Crippen LogP contribution in [0.25, 0.3) is 11.0 Å². The Morgan fingerprint density at radius 3 is 2.50 bits per heavy atom. The Kier molecular flexibility index (Phi) is 5.74. The third-order valence-corrected chi connectivity index (χ3v) is 6.73. The van der Waals surface area contributed by atoms with Crippen molar-refractivity contribution in [2.45, 2.75) is 11.4 Å². The van der Waals surface area contributed by atoms with Gasteiger partial charge in [0, 0.05) is 12.7 Å². The number of sulfonamides is 1. The number of amides is 1. The number of nitrogens with zero attached hydrogens (tertiary/aromatic N) is 3. The average Bonchev–Trinajstić information content (AvgIpc) is 2.81. The van der Waals surface area contributed by atoms with Crippen molar-refractivity contribution >= 4 is 38.3 Å². The summed E-state index contributed by atoms with van der Waals surface area (Å²) in [5, 5.41) is 2.67. The molecule has 0 saturated heterocycles. The number of rotatable bonds is 6. The maximum Gasteiger partial charge on any atom is 0.269 e. The molecule has 0 atom stereocenters. The second-order valence-electron chi connectivity index (χ2n) is 7.06. The predicted molar refractivity (Wildman–Crippen MR) is 123 cm³/mol. The number of hydrogen-bond acceptors (Lipinski definition) is 5. The van der Waals surface area contributed by atoms with Gasteiger partial charge in [-0.15, -0.1) is 0 Å². The number of nitrogens with one attached hydrogen (secondary N) is 1. The van der Waals surface area contributed by atoms with E-state index in [4.69, 9.17) is 0 Å². The number of carbonyl (C=O) groups excluding carboxylic acids is 1. The van der Waals surface area contributed by atoms with Crippen LogP contribution in [0.4, 0.5) is 11.4 Å². The highest BCUT2D eigenvalue weighted by Gasteiger charge is 2.21. The lowest BCUT2D eigenvalue weighted by molar-refractivity contribution is -0.116. The molecule has 0 spiro atoms. The van der Waals surface area contributed by atoms with Gasteiger partial charge in [-0.05, 0) is 42.5 Å². The third kappa shape index (κ3) is 4.23. The van der Waals surface area contributed by atoms with Crippen LogP contribution in [-0.4, -0.2) is 30.9 Å². The Balaban J connectivity index is 1.57. The van der Waals surface area contributed by atoms with Gasteiger partial charge in [0.05, 0.1) is 27.8 Å². The van der Waals surface area contributed by atoms with E-state index in [1.807, 2.05) is 0 Å². The molecule has 0 aliphatic carbocycles. The molecule has 4 rings (SSSR count). The van der Waals surface area contributed by atoms with Crippen molar-refractivity contribution in [1.29, 1.82) is 0 Å². The zero-order valence-electron chi connectivity index (χ0n) is 17.2. The Morgan fingerprint density at radius 1 is 1.00 bits per heavy atom. The van der Waals surface area contributed by atoms with Crippen LogP contribution in [0.3, 0.4) is 0 Å². The molecule has 9 heteroatoms. The standard InChI is InChI=1S/C23H20N4O4S/c1-26(18-9-3-2-4-10-18)32(30,31)19-11-7-8-17(14-19)25-22(28)16-27-21-13-6-5-12-20(21)24-15-23(27)29/h2-15H,16H2,1H3,(H,25,28). The Morgan fingerprint density at radius 2 is 1.72 bits per heavy atom. The van der Waals surface area contributed by atoms with E-state index in [2.05, 4.69) is 10.3 Å². The SMILES string of the molecule is CN(c1ccccc1)S(=O)(=O)c1cccc(NC(=O)Cn2c(=O)cnc3ccccc32)c1. The lowest BCUT2D eigenvalue weighted by Gasteiger charge is -2.20. The van der Waals surface area contributed by atoms with Crippen LogP contribution in [0.1, 0.15) is 0 Å². The zero-order valence-corrected chi connectivity index (χ0v) is 18.0. The molecule has 4 aromatic rings. The summed E-state index contributed by atoms with van der Waals surface area (Å²) in [5.74, 6) is -0.464. The van der Waals surface area contributed by atoms with Gasteiger partial charge in [-0.25, -0.2) is 13.4 Å². The topological polar surface area (TPSA) is 101 Å². The fourth-order valence-corrected chi connectivity index (χ4v) is 4.53. The number of fused-ring (bicyclic) bond motifs is 1. The number of carbonyl (C=O) groups is 1. The summed E-state index contributed by atoms with van der Waals surface area (Å²) >= 11 is 0. The molecule has 1 amide bonds. The molecule has 0 aliphatic heterocycles. The first-order chi connectivity index (χ1) is 15.4. The van der Waals surface area contributed by atoms with Gasteiger partial charge in [0.15, 0.2) is 0 Å². The van der Waals surface area contributed by atoms with E-state index >= 15 is 0 Å². The molecule has 0 bridgehead atoms. The lowest BCUT2D eigenvalue weighted by Crippen LogP contribution is -2.28. The summed E-state index contributed by atoms with van der Waals surface area (Å²) in [6, 6.07) is 21.7. The van der Waals surface area contributed by atoms with Gasteiger partial charge >= 0.3 is 0 Å². The Hall–Kier alpha value is -3.98. The van der Waals surface area contributed by atoms with Crippen molar-refractivity contribution in [3.63, 3.8) is 0 Å². The number of para-hydroxylation sites is 3. The predicted octanol–water partition coefficient (Wildman–Crippen LogP) is 2.86. The quantitative estimate of drug-likeness (QED) is 0.489. The summed E-state index contributed by atoms with van der Waals surface area (Å²) in [4.78, 5) is 29.0. The molecular formula is C23H20N4O4S. The molecule has 1 heterocycles. The Bertz CT molecular complexity index is 1450. The number of aromatic nitrogens is 2. The third-order valence-electron chi connectivity index (χ3n) is 4.95. The van der Waals surface area contributed by atoms with Crippen LogP contribution in [0.15, 0.2) is 94.7 Å². The van der Waals surface area contributed by atoms with E-state index in [9.17, 15) is 18.0 Å². The first-order valence-corrected chi connectivity index (χ1v) is 11.2. The van der Waals surface area contributed by atoms with E-state index < -0.39 is 21.5 Å². The van der Waals surface area contributed by atoms with Crippen LogP contribution in [-0.2, 0) is 21.4 Å². The fraction of sp³-hybridized carbons (Fsp3) is 0.0870. The highest BCUT2D eigenvalue weighted by Crippen LogP contribution is 2.23. The van der Waals surface area contributed by atoms with E-state index in [0.29, 0.717) is 22.4 Å². The first kappa shape index (κ1) is 21.3. The molecule has 0 saturated carbocycles. The summed E-state index contributed by atoms with van der Waals surface area (Å²) in [5.41, 5.74) is 1.56. The fourth-order valence-electron chi connectivity index (χ4n) is 3.29. The van der Waals surface area contributed by atoms with Gasteiger partial charge < -0.3 is 5.32 Å². The summed E-state index contributed by atoms with van der Waals surface area (Å²) < 4.78 is 28.5. The highest BCUT2D eigenvalue weighted by molar-refractivity contribution is 7.92. The van der Waals surface area contributed by atoms with E-state index in [0.717, 1.165) is 0 Å². The van der Waals surface area contributed by atoms with Crippen LogP contribution in [0.2, 0.25) is 0 Å². The van der Waals surface area contributed by atoms with Crippen LogP contribution in [0.5, 0.6) is 0 Å². The second kappa shape index (κ2) is 8.64. The minimum absolute atomic E-state index is 0.0354. The van der Waals surface area contributed by atoms with Crippen molar-refractivity contribution in [3.8, 4) is 0 Å². The van der Waals surface area contributed by atoms with Crippen LogP contribution in [0, 0.1) is 0 Å². The van der Waals surface area contributed by atoms with Crippen molar-refractivity contribution in [2.24, 2.45) is 0 Å². The molecule has 0 fully saturated rings. The largest absolute Gasteiger partial charge is 0.324 e. The van der Waals surface area contributed by atoms with Crippen molar-refractivity contribution in [2.75, 3.05) is 16.7 Å². The number of anilines is 2. The monoisotopic (exact) mass is 448 g/mol. The number of benzene rings is 3. The molecule has 3 aromatic carbocycles. The maximum atomic E-state index is 13.0. The summed E-state index contributed by atoms with van der Waals surface area (Å²) in [6.45, 7) is -0.233. The summed E-state index contributed by atoms with van der Waals surface area (Å²) in [6.07, 6.45) is 1.17. The molecule has 0 radical (unpaired) electrons. The number of hydrogen-bond donors (Lipinski definition) is 1. The molecule has 8 nitrogen and oxygen atoms in total. The smallest absolute Gasteiger partial charge is 0.269 e. The van der Waals surface area contributed by atoms with E-state index in [1.165, 1.54) is 34.2 Å². The van der Waals surface area contributed by atoms with Gasteiger partial charge in [0.2, 0.25) is 5.91 Å². The molecule has 0 aliphatic rings. The highest BCUT2D eigenvalue weighted by atomic mass is 32.2. The van der Waals surface area contributed by atoms with Gasteiger partial charge in [0.1, 0.15) is 6.54 Å². The molecular weight excluding hydrogens is 428 g/mol. The first-order valence-electron chi connectivity index (χ1n) is 9.75. The Labute approximate surface area is 184 Å². The van der Waals surface area contributed by atoms with Crippen LogP contribution >= 0.6 is 0 Å².